The molecule has 0 spiro atoms. The molecule has 0 aliphatic heterocycles. The summed E-state index contributed by atoms with van der Waals surface area (Å²) in [7, 11) is -7.14. The van der Waals surface area contributed by atoms with Crippen LogP contribution in [0.2, 0.25) is 0 Å². The Morgan fingerprint density at radius 1 is 1.00 bits per heavy atom. The van der Waals surface area contributed by atoms with Crippen molar-refractivity contribution < 1.29 is 16.8 Å². The van der Waals surface area contributed by atoms with Crippen molar-refractivity contribution in [1.82, 2.24) is 4.83 Å². The molecule has 17 heavy (non-hydrogen) atoms. The smallest absolute Gasteiger partial charge is 0.253 e. The van der Waals surface area contributed by atoms with Crippen molar-refractivity contribution in [1.29, 1.82) is 0 Å². The quantitative estimate of drug-likeness (QED) is 0.596. The van der Waals surface area contributed by atoms with Crippen LogP contribution >= 0.6 is 0 Å². The summed E-state index contributed by atoms with van der Waals surface area (Å²) < 4.78 is 46.2. The van der Waals surface area contributed by atoms with Crippen molar-refractivity contribution in [2.45, 2.75) is 28.9 Å². The van der Waals surface area contributed by atoms with E-state index in [0.29, 0.717) is 0 Å². The lowest BCUT2D eigenvalue weighted by molar-refractivity contribution is 0.581. The highest BCUT2D eigenvalue weighted by Gasteiger charge is 2.20. The lowest BCUT2D eigenvalue weighted by atomic mass is 10.4. The highest BCUT2D eigenvalue weighted by molar-refractivity contribution is 7.92. The average molecular weight is 278 g/mol. The van der Waals surface area contributed by atoms with Crippen molar-refractivity contribution in [3.8, 4) is 0 Å². The van der Waals surface area contributed by atoms with Gasteiger partial charge in [-0.3, -0.25) is 5.84 Å². The van der Waals surface area contributed by atoms with Crippen molar-refractivity contribution >= 4 is 19.9 Å². The number of sulfonamides is 1. The molecule has 0 saturated carbocycles. The van der Waals surface area contributed by atoms with Gasteiger partial charge in [-0.1, -0.05) is 0 Å². The standard InChI is InChI=1S/C9H14N2O4S2/c1-7(2)16(12,13)8-3-5-9(6-4-8)17(14,15)11-10/h3-7,11H,10H2,1-2H3. The Morgan fingerprint density at radius 2 is 1.41 bits per heavy atom. The molecule has 0 radical (unpaired) electrons. The lowest BCUT2D eigenvalue weighted by Gasteiger charge is -2.08. The lowest BCUT2D eigenvalue weighted by Crippen LogP contribution is -2.30. The van der Waals surface area contributed by atoms with Crippen LogP contribution in [-0.4, -0.2) is 22.1 Å². The summed E-state index contributed by atoms with van der Waals surface area (Å²) in [5.41, 5.74) is 0. The predicted molar refractivity (Wildman–Crippen MR) is 63.3 cm³/mol. The molecule has 6 nitrogen and oxygen atoms in total. The fourth-order valence-corrected chi connectivity index (χ4v) is 2.84. The van der Waals surface area contributed by atoms with E-state index >= 15 is 0 Å². The van der Waals surface area contributed by atoms with E-state index in [9.17, 15) is 16.8 Å². The van der Waals surface area contributed by atoms with Gasteiger partial charge < -0.3 is 0 Å². The maximum atomic E-state index is 11.8. The Bertz CT molecular complexity index is 588. The molecule has 1 aromatic rings. The molecule has 1 rings (SSSR count). The van der Waals surface area contributed by atoms with Gasteiger partial charge in [0.1, 0.15) is 0 Å². The minimum absolute atomic E-state index is 0.0808. The van der Waals surface area contributed by atoms with E-state index < -0.39 is 25.1 Å². The third-order valence-electron chi connectivity index (χ3n) is 2.24. The molecule has 0 bridgehead atoms. The Morgan fingerprint density at radius 3 is 1.76 bits per heavy atom. The van der Waals surface area contributed by atoms with Gasteiger partial charge in [0.2, 0.25) is 0 Å². The summed E-state index contributed by atoms with van der Waals surface area (Å²) in [5, 5.41) is -0.558. The minimum atomic E-state index is -3.75. The van der Waals surface area contributed by atoms with Crippen LogP contribution in [0.1, 0.15) is 13.8 Å². The largest absolute Gasteiger partial charge is 0.257 e. The van der Waals surface area contributed by atoms with Gasteiger partial charge in [-0.05, 0) is 38.1 Å². The van der Waals surface area contributed by atoms with Gasteiger partial charge in [0, 0.05) is 0 Å². The Hall–Kier alpha value is -0.960. The fourth-order valence-electron chi connectivity index (χ4n) is 1.15. The molecule has 0 unspecified atom stereocenters. The average Bonchev–Trinajstić information content (AvgIpc) is 2.29. The third-order valence-corrected chi connectivity index (χ3v) is 5.61. The topological polar surface area (TPSA) is 106 Å². The van der Waals surface area contributed by atoms with Crippen LogP contribution in [0.4, 0.5) is 0 Å². The van der Waals surface area contributed by atoms with Crippen molar-refractivity contribution in [3.05, 3.63) is 24.3 Å². The van der Waals surface area contributed by atoms with E-state index in [2.05, 4.69) is 0 Å². The van der Waals surface area contributed by atoms with E-state index in [4.69, 9.17) is 5.84 Å². The summed E-state index contributed by atoms with van der Waals surface area (Å²) in [6, 6.07) is 4.90. The molecule has 0 aliphatic carbocycles. The monoisotopic (exact) mass is 278 g/mol. The number of hydrogen-bond donors (Lipinski definition) is 2. The molecule has 0 aliphatic rings. The van der Waals surface area contributed by atoms with Gasteiger partial charge >= 0.3 is 0 Å². The number of nitrogens with one attached hydrogen (secondary N) is 1. The predicted octanol–water partition coefficient (Wildman–Crippen LogP) is 0.0207. The molecular weight excluding hydrogens is 264 g/mol. The first-order chi connectivity index (χ1) is 7.71. The number of benzene rings is 1. The van der Waals surface area contributed by atoms with Gasteiger partial charge in [-0.25, -0.2) is 16.8 Å². The van der Waals surface area contributed by atoms with Crippen molar-refractivity contribution in [2.75, 3.05) is 0 Å². The zero-order valence-corrected chi connectivity index (χ0v) is 11.0. The third kappa shape index (κ3) is 2.83. The molecule has 3 N–H and O–H groups in total. The normalized spacial score (nSPS) is 12.9. The second-order valence-corrected chi connectivity index (χ2v) is 7.90. The Labute approximate surface area is 101 Å². The van der Waals surface area contributed by atoms with Crippen molar-refractivity contribution in [3.63, 3.8) is 0 Å². The summed E-state index contributed by atoms with van der Waals surface area (Å²) >= 11 is 0. The molecule has 0 amide bonds. The molecule has 0 heterocycles. The zero-order valence-electron chi connectivity index (χ0n) is 9.41. The second kappa shape index (κ2) is 4.73. The Kier molecular flexibility index (Phi) is 3.92. The van der Waals surface area contributed by atoms with Crippen LogP contribution in [0.3, 0.4) is 0 Å². The number of rotatable bonds is 4. The van der Waals surface area contributed by atoms with E-state index in [1.54, 1.807) is 18.7 Å². The highest BCUT2D eigenvalue weighted by Crippen LogP contribution is 2.18. The van der Waals surface area contributed by atoms with Gasteiger partial charge in [0.05, 0.1) is 15.0 Å². The highest BCUT2D eigenvalue weighted by atomic mass is 32.2. The maximum Gasteiger partial charge on any atom is 0.253 e. The summed E-state index contributed by atoms with van der Waals surface area (Å²) in [6.07, 6.45) is 0. The summed E-state index contributed by atoms with van der Waals surface area (Å²) in [5.74, 6) is 4.85. The van der Waals surface area contributed by atoms with Crippen LogP contribution in [0.25, 0.3) is 0 Å². The first-order valence-electron chi connectivity index (χ1n) is 4.78. The fraction of sp³-hybridized carbons (Fsp3) is 0.333. The number of hydrogen-bond acceptors (Lipinski definition) is 5. The molecule has 0 fully saturated rings. The molecule has 1 aromatic carbocycles. The first-order valence-corrected chi connectivity index (χ1v) is 7.81. The van der Waals surface area contributed by atoms with Crippen LogP contribution in [0.15, 0.2) is 34.1 Å². The van der Waals surface area contributed by atoms with E-state index in [-0.39, 0.29) is 9.79 Å². The molecule has 0 aromatic heterocycles. The number of nitrogens with two attached hydrogens (primary N) is 1. The van der Waals surface area contributed by atoms with Gasteiger partial charge in [0.15, 0.2) is 9.84 Å². The zero-order chi connectivity index (χ0) is 13.3. The van der Waals surface area contributed by atoms with Crippen LogP contribution < -0.4 is 10.7 Å². The minimum Gasteiger partial charge on any atom is -0.257 e. The first kappa shape index (κ1) is 14.1. The molecule has 96 valence electrons. The van der Waals surface area contributed by atoms with E-state index in [0.717, 1.165) is 0 Å². The van der Waals surface area contributed by atoms with Crippen LogP contribution in [-0.2, 0) is 19.9 Å². The van der Waals surface area contributed by atoms with E-state index in [1.165, 1.54) is 24.3 Å². The molecule has 0 saturated heterocycles. The second-order valence-electron chi connectivity index (χ2n) is 3.69. The van der Waals surface area contributed by atoms with Gasteiger partial charge in [0.25, 0.3) is 10.0 Å². The summed E-state index contributed by atoms with van der Waals surface area (Å²) in [4.78, 5) is 1.67. The Balaban J connectivity index is 3.23. The van der Waals surface area contributed by atoms with E-state index in [1.807, 2.05) is 0 Å². The summed E-state index contributed by atoms with van der Waals surface area (Å²) in [6.45, 7) is 3.11. The SMILES string of the molecule is CC(C)S(=O)(=O)c1ccc(S(=O)(=O)NN)cc1. The number of hydrazine groups is 1. The number of sulfone groups is 1. The maximum absolute atomic E-state index is 11.8. The molecule has 0 atom stereocenters. The molecule has 8 heteroatoms. The van der Waals surface area contributed by atoms with Crippen molar-refractivity contribution in [2.24, 2.45) is 5.84 Å². The molecular formula is C9H14N2O4S2. The van der Waals surface area contributed by atoms with Gasteiger partial charge in [-0.2, -0.15) is 4.83 Å². The van der Waals surface area contributed by atoms with Crippen LogP contribution in [0.5, 0.6) is 0 Å². The van der Waals surface area contributed by atoms with Crippen LogP contribution in [0, 0.1) is 0 Å². The van der Waals surface area contributed by atoms with Gasteiger partial charge in [-0.15, -0.1) is 0 Å².